The Bertz CT molecular complexity index is 1910. The van der Waals surface area contributed by atoms with Gasteiger partial charge >= 0.3 is 5.97 Å². The number of unbranched alkanes of at least 4 members (excludes halogenated alkanes) is 1. The van der Waals surface area contributed by atoms with Crippen molar-refractivity contribution in [2.45, 2.75) is 44.9 Å². The van der Waals surface area contributed by atoms with Crippen LogP contribution in [0.4, 0.5) is 21.5 Å². The molecule has 0 spiro atoms. The van der Waals surface area contributed by atoms with Crippen LogP contribution in [-0.4, -0.2) is 60.5 Å². The van der Waals surface area contributed by atoms with Crippen LogP contribution >= 0.6 is 0 Å². The third-order valence-corrected chi connectivity index (χ3v) is 9.39. The standard InChI is InChI=1S/C38H40FN5O7/c1-50-33-22-29-30(23-31(33)44-20-14-24(15-21-44)35(47)41-18-3-2-4-34(45)46)40-19-13-32(29)51-28-11-9-27(10-12-28)43-37(49)38(16-17-38)36(48)42-26-7-5-25(39)6-8-26/h5-13,19,22-24H,2-4,14-18,20-21H2,1H3,(H,41,47)(H,42,48)(H,43,49)(H,45,46). The zero-order valence-corrected chi connectivity index (χ0v) is 28.2. The fraction of sp³-hybridized carbons (Fsp3) is 0.342. The van der Waals surface area contributed by atoms with Crippen molar-refractivity contribution in [3.63, 3.8) is 0 Å². The molecule has 1 saturated heterocycles. The molecule has 0 radical (unpaired) electrons. The number of benzene rings is 3. The van der Waals surface area contributed by atoms with Crippen molar-refractivity contribution >= 4 is 51.7 Å². The number of amides is 3. The summed E-state index contributed by atoms with van der Waals surface area (Å²) in [5, 5.41) is 18.0. The highest BCUT2D eigenvalue weighted by molar-refractivity contribution is 6.16. The van der Waals surface area contributed by atoms with Gasteiger partial charge in [0.15, 0.2) is 0 Å². The van der Waals surface area contributed by atoms with Gasteiger partial charge in [-0.15, -0.1) is 0 Å². The maximum absolute atomic E-state index is 13.2. The van der Waals surface area contributed by atoms with Gasteiger partial charge in [-0.05, 0) is 105 Å². The Kier molecular flexibility index (Phi) is 10.6. The van der Waals surface area contributed by atoms with Crippen LogP contribution < -0.4 is 30.3 Å². The number of aromatic nitrogens is 1. The number of fused-ring (bicyclic) bond motifs is 1. The molecule has 2 fully saturated rings. The largest absolute Gasteiger partial charge is 0.495 e. The van der Waals surface area contributed by atoms with Crippen molar-refractivity contribution in [1.29, 1.82) is 0 Å². The maximum atomic E-state index is 13.2. The first kappa shape index (κ1) is 35.1. The molecule has 0 unspecified atom stereocenters. The van der Waals surface area contributed by atoms with Crippen LogP contribution in [-0.2, 0) is 19.2 Å². The van der Waals surface area contributed by atoms with E-state index >= 15 is 0 Å². The fourth-order valence-electron chi connectivity index (χ4n) is 6.23. The van der Waals surface area contributed by atoms with Gasteiger partial charge in [-0.3, -0.25) is 24.2 Å². The molecule has 0 atom stereocenters. The highest BCUT2D eigenvalue weighted by Crippen LogP contribution is 2.47. The third kappa shape index (κ3) is 8.36. The number of carboxylic acid groups (broad SMARTS) is 1. The fourth-order valence-corrected chi connectivity index (χ4v) is 6.23. The molecule has 1 saturated carbocycles. The molecular weight excluding hydrogens is 657 g/mol. The summed E-state index contributed by atoms with van der Waals surface area (Å²) in [7, 11) is 1.61. The Balaban J connectivity index is 1.06. The van der Waals surface area contributed by atoms with Gasteiger partial charge in [-0.1, -0.05) is 0 Å². The Morgan fingerprint density at radius 3 is 2.16 bits per heavy atom. The van der Waals surface area contributed by atoms with E-state index in [0.717, 1.165) is 11.1 Å². The average molecular weight is 698 g/mol. The number of hydrogen-bond donors (Lipinski definition) is 4. The molecule has 2 heterocycles. The van der Waals surface area contributed by atoms with Crippen molar-refractivity contribution in [1.82, 2.24) is 10.3 Å². The van der Waals surface area contributed by atoms with Gasteiger partial charge in [0.1, 0.15) is 28.5 Å². The lowest BCUT2D eigenvalue weighted by Gasteiger charge is -2.34. The number of nitrogens with zero attached hydrogens (tertiary/aromatic N) is 2. The van der Waals surface area contributed by atoms with Crippen LogP contribution in [0.1, 0.15) is 44.9 Å². The number of nitrogens with one attached hydrogen (secondary N) is 3. The van der Waals surface area contributed by atoms with Crippen molar-refractivity contribution in [3.8, 4) is 17.2 Å². The van der Waals surface area contributed by atoms with Crippen molar-refractivity contribution in [2.24, 2.45) is 11.3 Å². The summed E-state index contributed by atoms with van der Waals surface area (Å²) in [4.78, 5) is 56.1. The molecule has 266 valence electrons. The number of piperidine rings is 1. The highest BCUT2D eigenvalue weighted by atomic mass is 19.1. The number of anilines is 3. The van der Waals surface area contributed by atoms with E-state index in [1.165, 1.54) is 24.3 Å². The van der Waals surface area contributed by atoms with Gasteiger partial charge in [0, 0.05) is 54.9 Å². The molecule has 4 aromatic rings. The molecule has 1 aromatic heterocycles. The molecule has 3 aromatic carbocycles. The number of ether oxygens (including phenoxy) is 2. The number of carboxylic acids is 1. The topological polar surface area (TPSA) is 159 Å². The summed E-state index contributed by atoms with van der Waals surface area (Å²) in [6, 6.07) is 17.9. The SMILES string of the molecule is COc1cc2c(Oc3ccc(NC(=O)C4(C(=O)Nc5ccc(F)cc5)CC4)cc3)ccnc2cc1N1CCC(C(=O)NCCCCC(=O)O)CC1. The number of hydrogen-bond acceptors (Lipinski definition) is 8. The monoisotopic (exact) mass is 697 g/mol. The van der Waals surface area contributed by atoms with Crippen LogP contribution in [0, 0.1) is 17.2 Å². The molecule has 12 nitrogen and oxygen atoms in total. The van der Waals surface area contributed by atoms with Crippen LogP contribution in [0.25, 0.3) is 10.9 Å². The lowest BCUT2D eigenvalue weighted by molar-refractivity contribution is -0.137. The van der Waals surface area contributed by atoms with E-state index < -0.39 is 29.0 Å². The summed E-state index contributed by atoms with van der Waals surface area (Å²) in [5.41, 5.74) is 1.35. The van der Waals surface area contributed by atoms with Crippen molar-refractivity contribution in [2.75, 3.05) is 42.3 Å². The van der Waals surface area contributed by atoms with Crippen LogP contribution in [0.2, 0.25) is 0 Å². The van der Waals surface area contributed by atoms with Gasteiger partial charge in [-0.2, -0.15) is 0 Å². The number of rotatable bonds is 14. The second-order valence-corrected chi connectivity index (χ2v) is 12.9. The van der Waals surface area contributed by atoms with Crippen LogP contribution in [0.5, 0.6) is 17.2 Å². The Hall–Kier alpha value is -5.72. The van der Waals surface area contributed by atoms with E-state index in [1.54, 1.807) is 43.6 Å². The van der Waals surface area contributed by atoms with Crippen molar-refractivity contribution in [3.05, 3.63) is 78.7 Å². The lowest BCUT2D eigenvalue weighted by atomic mass is 9.95. The van der Waals surface area contributed by atoms with E-state index in [4.69, 9.17) is 14.6 Å². The van der Waals surface area contributed by atoms with E-state index in [1.807, 2.05) is 12.1 Å². The van der Waals surface area contributed by atoms with Gasteiger partial charge in [-0.25, -0.2) is 4.39 Å². The summed E-state index contributed by atoms with van der Waals surface area (Å²) < 4.78 is 25.3. The number of aliphatic carboxylic acids is 1. The normalized spacial score (nSPS) is 15.1. The first-order chi connectivity index (χ1) is 24.6. The number of halogens is 1. The average Bonchev–Trinajstić information content (AvgIpc) is 3.95. The Labute approximate surface area is 294 Å². The van der Waals surface area contributed by atoms with Gasteiger partial charge in [0.05, 0.1) is 18.3 Å². The molecule has 1 aliphatic heterocycles. The first-order valence-corrected chi connectivity index (χ1v) is 17.0. The Morgan fingerprint density at radius 1 is 0.902 bits per heavy atom. The quantitative estimate of drug-likeness (QED) is 0.0900. The van der Waals surface area contributed by atoms with Crippen molar-refractivity contribution < 1.29 is 38.1 Å². The molecule has 2 aliphatic rings. The summed E-state index contributed by atoms with van der Waals surface area (Å²) in [6.07, 6.45) is 5.14. The van der Waals surface area contributed by atoms with E-state index in [9.17, 15) is 23.6 Å². The number of pyridine rings is 1. The molecular formula is C38H40FN5O7. The summed E-state index contributed by atoms with van der Waals surface area (Å²) >= 11 is 0. The molecule has 0 bridgehead atoms. The zero-order chi connectivity index (χ0) is 36.0. The molecule has 3 amide bonds. The lowest BCUT2D eigenvalue weighted by Crippen LogP contribution is -2.41. The summed E-state index contributed by atoms with van der Waals surface area (Å²) in [5.74, 6) is -0.430. The summed E-state index contributed by atoms with van der Waals surface area (Å²) in [6.45, 7) is 1.81. The van der Waals surface area contributed by atoms with E-state index in [0.29, 0.717) is 92.3 Å². The number of carbonyl (C=O) groups excluding carboxylic acids is 3. The zero-order valence-electron chi connectivity index (χ0n) is 28.2. The minimum absolute atomic E-state index is 0.00655. The third-order valence-electron chi connectivity index (χ3n) is 9.39. The highest BCUT2D eigenvalue weighted by Gasteiger charge is 2.56. The Morgan fingerprint density at radius 2 is 1.55 bits per heavy atom. The minimum atomic E-state index is -1.17. The first-order valence-electron chi connectivity index (χ1n) is 17.0. The molecule has 51 heavy (non-hydrogen) atoms. The van der Waals surface area contributed by atoms with Crippen LogP contribution in [0.3, 0.4) is 0 Å². The predicted octanol–water partition coefficient (Wildman–Crippen LogP) is 6.12. The van der Waals surface area contributed by atoms with E-state index in [-0.39, 0.29) is 18.2 Å². The maximum Gasteiger partial charge on any atom is 0.303 e. The molecule has 6 rings (SSSR count). The van der Waals surface area contributed by atoms with Gasteiger partial charge in [0.2, 0.25) is 17.7 Å². The molecule has 4 N–H and O–H groups in total. The van der Waals surface area contributed by atoms with Gasteiger partial charge < -0.3 is 35.4 Å². The minimum Gasteiger partial charge on any atom is -0.495 e. The van der Waals surface area contributed by atoms with Gasteiger partial charge in [0.25, 0.3) is 0 Å². The second-order valence-electron chi connectivity index (χ2n) is 12.9. The predicted molar refractivity (Wildman–Crippen MR) is 190 cm³/mol. The second kappa shape index (κ2) is 15.4. The smallest absolute Gasteiger partial charge is 0.303 e. The number of methoxy groups -OCH3 is 1. The number of carbonyl (C=O) groups is 4. The van der Waals surface area contributed by atoms with E-state index in [2.05, 4.69) is 25.8 Å². The molecule has 13 heteroatoms. The van der Waals surface area contributed by atoms with Crippen LogP contribution in [0.15, 0.2) is 72.9 Å². The molecule has 1 aliphatic carbocycles.